The van der Waals surface area contributed by atoms with E-state index in [4.69, 9.17) is 10.5 Å². The van der Waals surface area contributed by atoms with E-state index in [9.17, 15) is 9.59 Å². The Kier molecular flexibility index (Phi) is 6.19. The number of nitrogens with two attached hydrogens (primary N) is 1. The molecule has 3 N–H and O–H groups in total. The monoisotopic (exact) mass is 343 g/mol. The Morgan fingerprint density at radius 2 is 1.91 bits per heavy atom. The Bertz CT molecular complexity index is 425. The van der Waals surface area contributed by atoms with E-state index in [-0.39, 0.29) is 17.9 Å². The molecular weight excluding hydrogens is 314 g/mol. The smallest absolute Gasteiger partial charge is 0.408 e. The van der Waals surface area contributed by atoms with Crippen LogP contribution < -0.4 is 11.1 Å². The van der Waals surface area contributed by atoms with Crippen LogP contribution in [0.3, 0.4) is 0 Å². The van der Waals surface area contributed by atoms with Crippen molar-refractivity contribution in [2.75, 3.05) is 18.2 Å². The Labute approximate surface area is 142 Å². The summed E-state index contributed by atoms with van der Waals surface area (Å²) in [5.41, 5.74) is 5.40. The minimum Gasteiger partial charge on any atom is -0.444 e. The first kappa shape index (κ1) is 18.4. The normalized spacial score (nSPS) is 26.7. The van der Waals surface area contributed by atoms with Crippen LogP contribution in [0.2, 0.25) is 0 Å². The van der Waals surface area contributed by atoms with Gasteiger partial charge in [0.25, 0.3) is 0 Å². The first-order valence-electron chi connectivity index (χ1n) is 8.38. The van der Waals surface area contributed by atoms with Crippen molar-refractivity contribution in [2.24, 2.45) is 11.7 Å². The van der Waals surface area contributed by atoms with Crippen molar-refractivity contribution in [2.45, 2.75) is 64.1 Å². The van der Waals surface area contributed by atoms with Crippen LogP contribution in [0.5, 0.6) is 0 Å². The number of alkyl carbamates (subject to hydrolysis) is 1. The molecule has 0 spiro atoms. The van der Waals surface area contributed by atoms with Gasteiger partial charge in [0.2, 0.25) is 5.91 Å². The van der Waals surface area contributed by atoms with Crippen molar-refractivity contribution in [3.8, 4) is 0 Å². The van der Waals surface area contributed by atoms with Crippen molar-refractivity contribution in [3.63, 3.8) is 0 Å². The van der Waals surface area contributed by atoms with Gasteiger partial charge in [-0.2, -0.15) is 0 Å². The highest BCUT2D eigenvalue weighted by Crippen LogP contribution is 2.28. The van der Waals surface area contributed by atoms with E-state index in [0.29, 0.717) is 5.88 Å². The molecule has 0 unspecified atom stereocenters. The third-order valence-corrected chi connectivity index (χ3v) is 5.26. The van der Waals surface area contributed by atoms with E-state index >= 15 is 0 Å². The molecule has 1 atom stereocenters. The molecule has 1 heterocycles. The van der Waals surface area contributed by atoms with Crippen LogP contribution in [0, 0.1) is 5.92 Å². The molecule has 0 aromatic heterocycles. The fourth-order valence-electron chi connectivity index (χ4n) is 3.08. The summed E-state index contributed by atoms with van der Waals surface area (Å²) in [4.78, 5) is 26.8. The minimum atomic E-state index is -0.573. The number of rotatable bonds is 3. The van der Waals surface area contributed by atoms with Crippen molar-refractivity contribution in [3.05, 3.63) is 0 Å². The number of ether oxygens (including phenoxy) is 1. The lowest BCUT2D eigenvalue weighted by molar-refractivity contribution is -0.133. The Morgan fingerprint density at radius 3 is 2.43 bits per heavy atom. The van der Waals surface area contributed by atoms with Crippen LogP contribution in [0.25, 0.3) is 0 Å². The second-order valence-corrected chi connectivity index (χ2v) is 8.51. The van der Waals surface area contributed by atoms with Crippen molar-refractivity contribution >= 4 is 23.8 Å². The number of thioether (sulfide) groups is 1. The lowest BCUT2D eigenvalue weighted by atomic mass is 9.81. The predicted octanol–water partition coefficient (Wildman–Crippen LogP) is 1.93. The summed E-state index contributed by atoms with van der Waals surface area (Å²) in [6, 6.07) is -0.290. The highest BCUT2D eigenvalue weighted by atomic mass is 32.2. The Balaban J connectivity index is 2.04. The molecular formula is C16H29N3O3S. The minimum absolute atomic E-state index is 0.0151. The van der Waals surface area contributed by atoms with Gasteiger partial charge in [-0.05, 0) is 52.4 Å². The molecule has 1 aliphatic carbocycles. The number of nitrogens with zero attached hydrogens (tertiary/aromatic N) is 1. The van der Waals surface area contributed by atoms with Gasteiger partial charge >= 0.3 is 6.09 Å². The highest BCUT2D eigenvalue weighted by Gasteiger charge is 2.36. The molecule has 0 radical (unpaired) electrons. The largest absolute Gasteiger partial charge is 0.444 e. The third-order valence-electron chi connectivity index (χ3n) is 4.29. The molecule has 0 aromatic carbocycles. The molecule has 1 saturated carbocycles. The summed E-state index contributed by atoms with van der Waals surface area (Å²) in [5.74, 6) is 1.82. The van der Waals surface area contributed by atoms with Crippen LogP contribution in [0.4, 0.5) is 4.79 Å². The molecule has 0 bridgehead atoms. The topological polar surface area (TPSA) is 84.7 Å². The van der Waals surface area contributed by atoms with E-state index in [1.165, 1.54) is 0 Å². The quantitative estimate of drug-likeness (QED) is 0.818. The summed E-state index contributed by atoms with van der Waals surface area (Å²) in [6.45, 7) is 6.21. The molecule has 2 amide bonds. The fraction of sp³-hybridized carbons (Fsp3) is 0.875. The molecule has 0 aromatic rings. The van der Waals surface area contributed by atoms with E-state index in [1.54, 1.807) is 11.8 Å². The molecule has 2 rings (SSSR count). The van der Waals surface area contributed by atoms with Gasteiger partial charge in [-0.3, -0.25) is 4.79 Å². The van der Waals surface area contributed by atoms with E-state index in [2.05, 4.69) is 5.32 Å². The summed E-state index contributed by atoms with van der Waals surface area (Å²) < 4.78 is 5.34. The van der Waals surface area contributed by atoms with Gasteiger partial charge in [-0.15, -0.1) is 11.8 Å². The molecule has 2 aliphatic rings. The van der Waals surface area contributed by atoms with Gasteiger partial charge in [0.05, 0.1) is 5.88 Å². The zero-order valence-corrected chi connectivity index (χ0v) is 15.2. The standard InChI is InChI=1S/C16H29N3O3S/c1-16(2,3)22-15(21)18-13(11-4-6-12(17)7-5-11)14(20)19-8-9-23-10-19/h11-13H,4-10,17H2,1-3H3,(H,18,21)/t11?,12?,13-/m0/s1. The maximum absolute atomic E-state index is 12.8. The highest BCUT2D eigenvalue weighted by molar-refractivity contribution is 7.99. The van der Waals surface area contributed by atoms with Gasteiger partial charge in [-0.1, -0.05) is 0 Å². The Hall–Kier alpha value is -0.950. The molecule has 23 heavy (non-hydrogen) atoms. The Morgan fingerprint density at radius 1 is 1.26 bits per heavy atom. The molecule has 1 aliphatic heterocycles. The molecule has 2 fully saturated rings. The predicted molar refractivity (Wildman–Crippen MR) is 92.1 cm³/mol. The number of nitrogens with one attached hydrogen (secondary N) is 1. The van der Waals surface area contributed by atoms with Crippen LogP contribution in [-0.4, -0.2) is 52.8 Å². The van der Waals surface area contributed by atoms with E-state index in [1.807, 2.05) is 25.7 Å². The number of carbonyl (C=O) groups is 2. The number of amides is 2. The number of carbonyl (C=O) groups excluding carboxylic acids is 2. The van der Waals surface area contributed by atoms with Gasteiger partial charge in [0.1, 0.15) is 11.6 Å². The zero-order chi connectivity index (χ0) is 17.0. The lowest BCUT2D eigenvalue weighted by Crippen LogP contribution is -2.53. The van der Waals surface area contributed by atoms with Crippen LogP contribution >= 0.6 is 11.8 Å². The average molecular weight is 343 g/mol. The number of hydrogen-bond acceptors (Lipinski definition) is 5. The van der Waals surface area contributed by atoms with Gasteiger partial charge < -0.3 is 20.7 Å². The maximum Gasteiger partial charge on any atom is 0.408 e. The van der Waals surface area contributed by atoms with Crippen molar-refractivity contribution in [1.29, 1.82) is 0 Å². The lowest BCUT2D eigenvalue weighted by Gasteiger charge is -2.34. The molecule has 6 nitrogen and oxygen atoms in total. The fourth-order valence-corrected chi connectivity index (χ4v) is 4.03. The third kappa shape index (κ3) is 5.57. The average Bonchev–Trinajstić information content (AvgIpc) is 2.97. The second kappa shape index (κ2) is 7.75. The van der Waals surface area contributed by atoms with Gasteiger partial charge in [0.15, 0.2) is 0 Å². The van der Waals surface area contributed by atoms with Crippen LogP contribution in [-0.2, 0) is 9.53 Å². The maximum atomic E-state index is 12.8. The molecule has 7 heteroatoms. The summed E-state index contributed by atoms with van der Waals surface area (Å²) in [5, 5.41) is 2.83. The first-order valence-corrected chi connectivity index (χ1v) is 9.53. The summed E-state index contributed by atoms with van der Waals surface area (Å²) in [6.07, 6.45) is 3.03. The van der Waals surface area contributed by atoms with E-state index in [0.717, 1.165) is 38.0 Å². The van der Waals surface area contributed by atoms with E-state index < -0.39 is 17.7 Å². The summed E-state index contributed by atoms with van der Waals surface area (Å²) >= 11 is 1.74. The summed E-state index contributed by atoms with van der Waals surface area (Å²) in [7, 11) is 0. The van der Waals surface area contributed by atoms with Crippen LogP contribution in [0.1, 0.15) is 46.5 Å². The SMILES string of the molecule is CC(C)(C)OC(=O)N[C@H](C(=O)N1CCSC1)C1CCC(N)CC1. The molecule has 1 saturated heterocycles. The van der Waals surface area contributed by atoms with Gasteiger partial charge in [0, 0.05) is 18.3 Å². The molecule has 132 valence electrons. The van der Waals surface area contributed by atoms with Crippen molar-refractivity contribution in [1.82, 2.24) is 10.2 Å². The first-order chi connectivity index (χ1) is 10.8. The second-order valence-electron chi connectivity index (χ2n) is 7.44. The van der Waals surface area contributed by atoms with Crippen LogP contribution in [0.15, 0.2) is 0 Å². The zero-order valence-electron chi connectivity index (χ0n) is 14.3. The van der Waals surface area contributed by atoms with Crippen molar-refractivity contribution < 1.29 is 14.3 Å². The van der Waals surface area contributed by atoms with Gasteiger partial charge in [-0.25, -0.2) is 4.79 Å². The number of hydrogen-bond donors (Lipinski definition) is 2.